The Bertz CT molecular complexity index is 549. The molecule has 0 aromatic heterocycles. The summed E-state index contributed by atoms with van der Waals surface area (Å²) in [4.78, 5) is 15.6. The molecule has 0 fully saturated rings. The molecule has 1 rings (SSSR count). The molecular formula is C25H43NO4S. The van der Waals surface area contributed by atoms with E-state index in [1.165, 1.54) is 0 Å². The molecule has 6 heteroatoms. The van der Waals surface area contributed by atoms with Crippen LogP contribution in [0.2, 0.25) is 0 Å². The Balaban J connectivity index is 2.55. The van der Waals surface area contributed by atoms with Gasteiger partial charge in [-0.2, -0.15) is 0 Å². The van der Waals surface area contributed by atoms with Gasteiger partial charge in [-0.05, 0) is 49.9 Å². The number of rotatable bonds is 18. The van der Waals surface area contributed by atoms with E-state index in [1.54, 1.807) is 11.8 Å². The molecule has 0 radical (unpaired) electrons. The van der Waals surface area contributed by atoms with Crippen LogP contribution in [-0.2, 0) is 9.47 Å². The van der Waals surface area contributed by atoms with E-state index in [0.717, 1.165) is 75.1 Å². The number of nitrogens with zero attached hydrogens (tertiary/aromatic N) is 1. The number of thioether (sulfide) groups is 1. The first-order valence-corrected chi connectivity index (χ1v) is 13.1. The van der Waals surface area contributed by atoms with Gasteiger partial charge < -0.3 is 19.1 Å². The van der Waals surface area contributed by atoms with E-state index in [-0.39, 0.29) is 12.4 Å². The highest BCUT2D eigenvalue weighted by atomic mass is 32.2. The van der Waals surface area contributed by atoms with Gasteiger partial charge in [0.15, 0.2) is 6.29 Å². The average Bonchev–Trinajstić information content (AvgIpc) is 2.78. The van der Waals surface area contributed by atoms with Crippen LogP contribution in [-0.4, -0.2) is 49.3 Å². The number of benzene rings is 1. The first kappa shape index (κ1) is 27.8. The molecule has 178 valence electrons. The molecule has 1 amide bonds. The zero-order valence-corrected chi connectivity index (χ0v) is 20.9. The smallest absolute Gasteiger partial charge is 0.410 e. The molecule has 0 heterocycles. The number of carbonyl (C=O) groups excluding carboxylic acids is 1. The molecule has 1 aromatic rings. The number of ether oxygens (including phenoxy) is 3. The summed E-state index contributed by atoms with van der Waals surface area (Å²) in [6.45, 7) is 11.5. The Kier molecular flexibility index (Phi) is 16.4. The minimum atomic E-state index is -0.242. The summed E-state index contributed by atoms with van der Waals surface area (Å²) in [5, 5.41) is 0. The molecule has 0 atom stereocenters. The maximum atomic E-state index is 12.7. The standard InChI is InChI=1S/C25H43NO4S/c1-5-9-11-17-26(18-12-10-6-2)25(27)30-22-13-15-23(16-14-22)31-21-24(28-19-7-3)29-20-8-4/h13-16,24H,5-12,17-21H2,1-4H3. The van der Waals surface area contributed by atoms with Crippen molar-refractivity contribution in [3.8, 4) is 5.75 Å². The van der Waals surface area contributed by atoms with Crippen molar-refractivity contribution in [2.75, 3.05) is 32.1 Å². The van der Waals surface area contributed by atoms with Gasteiger partial charge >= 0.3 is 6.09 Å². The molecule has 0 aliphatic carbocycles. The van der Waals surface area contributed by atoms with Crippen molar-refractivity contribution < 1.29 is 19.0 Å². The predicted octanol–water partition coefficient (Wildman–Crippen LogP) is 7.14. The number of unbranched alkanes of at least 4 members (excludes halogenated alkanes) is 4. The van der Waals surface area contributed by atoms with E-state index in [1.807, 2.05) is 29.2 Å². The maximum Gasteiger partial charge on any atom is 0.415 e. The Morgan fingerprint density at radius 1 is 0.839 bits per heavy atom. The topological polar surface area (TPSA) is 48.0 Å². The van der Waals surface area contributed by atoms with Gasteiger partial charge in [0.2, 0.25) is 0 Å². The predicted molar refractivity (Wildman–Crippen MR) is 130 cm³/mol. The number of amides is 1. The van der Waals surface area contributed by atoms with Gasteiger partial charge in [0.25, 0.3) is 0 Å². The lowest BCUT2D eigenvalue weighted by molar-refractivity contribution is -0.126. The van der Waals surface area contributed by atoms with Crippen molar-refractivity contribution in [1.29, 1.82) is 0 Å². The van der Waals surface area contributed by atoms with Crippen LogP contribution in [0.5, 0.6) is 5.75 Å². The number of hydrogen-bond donors (Lipinski definition) is 0. The van der Waals surface area contributed by atoms with E-state index in [9.17, 15) is 4.79 Å². The summed E-state index contributed by atoms with van der Waals surface area (Å²) in [6.07, 6.45) is 8.12. The summed E-state index contributed by atoms with van der Waals surface area (Å²) in [7, 11) is 0. The molecule has 0 unspecified atom stereocenters. The summed E-state index contributed by atoms with van der Waals surface area (Å²) < 4.78 is 17.2. The van der Waals surface area contributed by atoms with Crippen LogP contribution in [0.1, 0.15) is 79.1 Å². The maximum absolute atomic E-state index is 12.7. The van der Waals surface area contributed by atoms with Gasteiger partial charge in [-0.3, -0.25) is 0 Å². The lowest BCUT2D eigenvalue weighted by atomic mass is 10.2. The highest BCUT2D eigenvalue weighted by Gasteiger charge is 2.15. The molecule has 0 aliphatic heterocycles. The van der Waals surface area contributed by atoms with Crippen LogP contribution in [0.3, 0.4) is 0 Å². The monoisotopic (exact) mass is 453 g/mol. The van der Waals surface area contributed by atoms with E-state index >= 15 is 0 Å². The largest absolute Gasteiger partial charge is 0.415 e. The molecule has 31 heavy (non-hydrogen) atoms. The van der Waals surface area contributed by atoms with Crippen molar-refractivity contribution >= 4 is 17.9 Å². The molecule has 0 saturated carbocycles. The third-order valence-corrected chi connectivity index (χ3v) is 5.80. The molecule has 1 aromatic carbocycles. The van der Waals surface area contributed by atoms with Crippen LogP contribution in [0.25, 0.3) is 0 Å². The van der Waals surface area contributed by atoms with Crippen molar-refractivity contribution in [1.82, 2.24) is 4.90 Å². The Morgan fingerprint density at radius 3 is 1.87 bits per heavy atom. The normalized spacial score (nSPS) is 11.1. The summed E-state index contributed by atoms with van der Waals surface area (Å²) in [5.41, 5.74) is 0. The SMILES string of the molecule is CCCCCN(CCCCC)C(=O)Oc1ccc(SCC(OCCC)OCCC)cc1. The second-order valence-corrected chi connectivity index (χ2v) is 8.82. The molecule has 0 aliphatic rings. The zero-order chi connectivity index (χ0) is 22.7. The summed E-state index contributed by atoms with van der Waals surface area (Å²) >= 11 is 1.69. The van der Waals surface area contributed by atoms with Crippen LogP contribution < -0.4 is 4.74 Å². The van der Waals surface area contributed by atoms with Crippen molar-refractivity contribution in [3.05, 3.63) is 24.3 Å². The molecule has 0 saturated heterocycles. The van der Waals surface area contributed by atoms with Gasteiger partial charge in [-0.1, -0.05) is 53.4 Å². The second kappa shape index (κ2) is 18.3. The van der Waals surface area contributed by atoms with Crippen LogP contribution in [0.4, 0.5) is 4.79 Å². The van der Waals surface area contributed by atoms with Crippen molar-refractivity contribution in [2.45, 2.75) is 90.2 Å². The van der Waals surface area contributed by atoms with E-state index in [0.29, 0.717) is 19.0 Å². The molecule has 5 nitrogen and oxygen atoms in total. The van der Waals surface area contributed by atoms with Gasteiger partial charge in [0.05, 0.1) is 0 Å². The van der Waals surface area contributed by atoms with E-state index < -0.39 is 0 Å². The average molecular weight is 454 g/mol. The Labute approximate surface area is 194 Å². The fraction of sp³-hybridized carbons (Fsp3) is 0.720. The minimum absolute atomic E-state index is 0.192. The minimum Gasteiger partial charge on any atom is -0.410 e. The third-order valence-electron chi connectivity index (χ3n) is 4.75. The highest BCUT2D eigenvalue weighted by Crippen LogP contribution is 2.23. The van der Waals surface area contributed by atoms with Gasteiger partial charge in [-0.15, -0.1) is 11.8 Å². The fourth-order valence-corrected chi connectivity index (χ4v) is 3.83. The highest BCUT2D eigenvalue weighted by molar-refractivity contribution is 7.99. The molecule has 0 bridgehead atoms. The third kappa shape index (κ3) is 13.0. The second-order valence-electron chi connectivity index (χ2n) is 7.72. The van der Waals surface area contributed by atoms with Gasteiger partial charge in [-0.25, -0.2) is 4.79 Å². The lowest BCUT2D eigenvalue weighted by Crippen LogP contribution is -2.35. The number of hydrogen-bond acceptors (Lipinski definition) is 5. The van der Waals surface area contributed by atoms with Crippen molar-refractivity contribution in [2.24, 2.45) is 0 Å². The van der Waals surface area contributed by atoms with Crippen LogP contribution >= 0.6 is 11.8 Å². The summed E-state index contributed by atoms with van der Waals surface area (Å²) in [5.74, 6) is 1.33. The fourth-order valence-electron chi connectivity index (χ4n) is 2.98. The quantitative estimate of drug-likeness (QED) is 0.134. The molecule has 0 N–H and O–H groups in total. The summed E-state index contributed by atoms with van der Waals surface area (Å²) in [6, 6.07) is 7.71. The zero-order valence-electron chi connectivity index (χ0n) is 20.1. The molecule has 0 spiro atoms. The van der Waals surface area contributed by atoms with Gasteiger partial charge in [0, 0.05) is 37.0 Å². The Hall–Kier alpha value is -1.24. The van der Waals surface area contributed by atoms with Crippen molar-refractivity contribution in [3.63, 3.8) is 0 Å². The number of carbonyl (C=O) groups is 1. The van der Waals surface area contributed by atoms with E-state index in [4.69, 9.17) is 14.2 Å². The first-order chi connectivity index (χ1) is 15.1. The van der Waals surface area contributed by atoms with E-state index in [2.05, 4.69) is 27.7 Å². The van der Waals surface area contributed by atoms with Gasteiger partial charge in [0.1, 0.15) is 5.75 Å². The van der Waals surface area contributed by atoms with Crippen LogP contribution in [0.15, 0.2) is 29.2 Å². The lowest BCUT2D eigenvalue weighted by Gasteiger charge is -2.22. The Morgan fingerprint density at radius 2 is 1.39 bits per heavy atom. The first-order valence-electron chi connectivity index (χ1n) is 12.1. The molecular weight excluding hydrogens is 410 g/mol. The van der Waals surface area contributed by atoms with Crippen LogP contribution in [0, 0.1) is 0 Å².